The van der Waals surface area contributed by atoms with Crippen LogP contribution in [-0.4, -0.2) is 64.9 Å². The number of methoxy groups -OCH3 is 1. The molecule has 1 saturated heterocycles. The number of carbonyl (C=O) groups excluding carboxylic acids is 2. The Balaban J connectivity index is 1.60. The molecule has 5 rings (SSSR count). The van der Waals surface area contributed by atoms with E-state index < -0.39 is 11.7 Å². The van der Waals surface area contributed by atoms with Crippen molar-refractivity contribution >= 4 is 34.1 Å². The molecule has 2 aromatic heterocycles. The van der Waals surface area contributed by atoms with E-state index in [1.165, 1.54) is 38.6 Å². The molecule has 0 spiro atoms. The number of piperidine rings is 1. The summed E-state index contributed by atoms with van der Waals surface area (Å²) in [5, 5.41) is 10.8. The molecule has 1 atom stereocenters. The topological polar surface area (TPSA) is 140 Å². The van der Waals surface area contributed by atoms with Crippen molar-refractivity contribution < 1.29 is 18.7 Å². The Morgan fingerprint density at radius 3 is 2.79 bits per heavy atom. The minimum Gasteiger partial charge on any atom is -0.496 e. The molecule has 12 heteroatoms. The van der Waals surface area contributed by atoms with E-state index in [-0.39, 0.29) is 34.8 Å². The van der Waals surface area contributed by atoms with E-state index in [2.05, 4.69) is 30.6 Å². The van der Waals surface area contributed by atoms with Crippen LogP contribution in [0.1, 0.15) is 33.7 Å². The predicted octanol–water partition coefficient (Wildman–Crippen LogP) is 2.72. The molecule has 4 aromatic rings. The number of carbonyl (C=O) groups is 2. The molecule has 0 radical (unpaired) electrons. The van der Waals surface area contributed by atoms with Gasteiger partial charge in [0.05, 0.1) is 29.6 Å². The highest BCUT2D eigenvalue weighted by atomic mass is 19.1. The summed E-state index contributed by atoms with van der Waals surface area (Å²) in [5.41, 5.74) is 8.32. The Morgan fingerprint density at radius 1 is 1.23 bits per heavy atom. The van der Waals surface area contributed by atoms with E-state index >= 15 is 0 Å². The van der Waals surface area contributed by atoms with Crippen molar-refractivity contribution in [1.82, 2.24) is 25.1 Å². The molecule has 1 aliphatic heterocycles. The van der Waals surface area contributed by atoms with E-state index in [0.29, 0.717) is 28.7 Å². The SMILES string of the molecule is CNC(=O)c1cc(NC(=O)c2ccnc(-c3c(F)cccc3OC)n2)c(N2CCC[C@H](N)C2)c2cn(C)nc12. The zero-order valence-electron chi connectivity index (χ0n) is 21.9. The van der Waals surface area contributed by atoms with Gasteiger partial charge in [-0.25, -0.2) is 14.4 Å². The standard InChI is InChI=1S/C27H29FN8O3/c1-30-26(37)16-12-20(24(17-14-35(2)34-23(16)17)36-11-5-6-15(29)13-36)33-27(38)19-9-10-31-25(32-19)22-18(28)7-4-8-21(22)39-3/h4,7-10,12,14-15H,5-6,11,13,29H2,1-3H3,(H,30,37)(H,33,38)/t15-/m0/s1. The molecular weight excluding hydrogens is 503 g/mol. The van der Waals surface area contributed by atoms with Gasteiger partial charge in [-0.2, -0.15) is 5.10 Å². The lowest BCUT2D eigenvalue weighted by Crippen LogP contribution is -2.43. The fourth-order valence-electron chi connectivity index (χ4n) is 4.93. The molecule has 0 bridgehead atoms. The number of hydrogen-bond acceptors (Lipinski definition) is 8. The van der Waals surface area contributed by atoms with Crippen LogP contribution < -0.4 is 26.0 Å². The summed E-state index contributed by atoms with van der Waals surface area (Å²) < 4.78 is 21.6. The van der Waals surface area contributed by atoms with Gasteiger partial charge in [0.25, 0.3) is 11.8 Å². The van der Waals surface area contributed by atoms with Crippen molar-refractivity contribution in [2.24, 2.45) is 12.8 Å². The summed E-state index contributed by atoms with van der Waals surface area (Å²) >= 11 is 0. The molecule has 1 fully saturated rings. The normalized spacial score (nSPS) is 15.3. The summed E-state index contributed by atoms with van der Waals surface area (Å²) in [4.78, 5) is 36.9. The highest BCUT2D eigenvalue weighted by Gasteiger charge is 2.27. The number of nitrogens with zero attached hydrogens (tertiary/aromatic N) is 5. The van der Waals surface area contributed by atoms with Crippen molar-refractivity contribution in [1.29, 1.82) is 0 Å². The quantitative estimate of drug-likeness (QED) is 0.344. The van der Waals surface area contributed by atoms with E-state index in [1.807, 2.05) is 6.20 Å². The number of anilines is 2. The van der Waals surface area contributed by atoms with Gasteiger partial charge in [-0.15, -0.1) is 0 Å². The Hall–Kier alpha value is -4.58. The van der Waals surface area contributed by atoms with E-state index in [9.17, 15) is 14.0 Å². The smallest absolute Gasteiger partial charge is 0.274 e. The monoisotopic (exact) mass is 532 g/mol. The number of halogens is 1. The van der Waals surface area contributed by atoms with Crippen LogP contribution in [0.2, 0.25) is 0 Å². The second kappa shape index (κ2) is 10.7. The molecule has 0 aliphatic carbocycles. The van der Waals surface area contributed by atoms with Crippen LogP contribution >= 0.6 is 0 Å². The summed E-state index contributed by atoms with van der Waals surface area (Å²) in [6.07, 6.45) is 4.98. The van der Waals surface area contributed by atoms with Crippen molar-refractivity contribution in [3.8, 4) is 17.1 Å². The molecule has 39 heavy (non-hydrogen) atoms. The van der Waals surface area contributed by atoms with Crippen LogP contribution in [0.25, 0.3) is 22.3 Å². The Kier molecular flexibility index (Phi) is 7.11. The maximum absolute atomic E-state index is 14.7. The summed E-state index contributed by atoms with van der Waals surface area (Å²) in [7, 11) is 4.73. The lowest BCUT2D eigenvalue weighted by Gasteiger charge is -2.34. The number of benzene rings is 2. The zero-order chi connectivity index (χ0) is 27.7. The second-order valence-corrected chi connectivity index (χ2v) is 9.35. The predicted molar refractivity (Wildman–Crippen MR) is 145 cm³/mol. The average Bonchev–Trinajstić information content (AvgIpc) is 3.32. The number of ether oxygens (including phenoxy) is 1. The first-order valence-corrected chi connectivity index (χ1v) is 12.5. The molecule has 3 heterocycles. The molecule has 0 saturated carbocycles. The number of amides is 2. The summed E-state index contributed by atoms with van der Waals surface area (Å²) in [5.74, 6) is -1.22. The number of hydrogen-bond donors (Lipinski definition) is 3. The van der Waals surface area contributed by atoms with Gasteiger partial charge >= 0.3 is 0 Å². The van der Waals surface area contributed by atoms with Crippen LogP contribution in [0.5, 0.6) is 5.75 Å². The lowest BCUT2D eigenvalue weighted by atomic mass is 10.0. The molecule has 4 N–H and O–H groups in total. The van der Waals surface area contributed by atoms with Gasteiger partial charge in [-0.1, -0.05) is 6.07 Å². The Bertz CT molecular complexity index is 1570. The maximum Gasteiger partial charge on any atom is 0.274 e. The fourth-order valence-corrected chi connectivity index (χ4v) is 4.93. The first kappa shape index (κ1) is 26.0. The van der Waals surface area contributed by atoms with Gasteiger partial charge in [-0.3, -0.25) is 14.3 Å². The number of fused-ring (bicyclic) bond motifs is 1. The third kappa shape index (κ3) is 4.98. The lowest BCUT2D eigenvalue weighted by molar-refractivity contribution is 0.0962. The molecule has 2 aromatic carbocycles. The minimum absolute atomic E-state index is 0.00795. The van der Waals surface area contributed by atoms with Gasteiger partial charge in [0.2, 0.25) is 0 Å². The van der Waals surface area contributed by atoms with Gasteiger partial charge < -0.3 is 26.0 Å². The van der Waals surface area contributed by atoms with E-state index in [1.54, 1.807) is 23.9 Å². The molecule has 202 valence electrons. The van der Waals surface area contributed by atoms with Crippen LogP contribution in [0.4, 0.5) is 15.8 Å². The van der Waals surface area contributed by atoms with Gasteiger partial charge in [0.15, 0.2) is 5.82 Å². The van der Waals surface area contributed by atoms with E-state index in [4.69, 9.17) is 10.5 Å². The first-order valence-electron chi connectivity index (χ1n) is 12.5. The average molecular weight is 533 g/mol. The van der Waals surface area contributed by atoms with Gasteiger partial charge in [0, 0.05) is 51.0 Å². The van der Waals surface area contributed by atoms with Crippen molar-refractivity contribution in [2.45, 2.75) is 18.9 Å². The number of rotatable bonds is 6. The molecule has 11 nitrogen and oxygen atoms in total. The minimum atomic E-state index is -0.576. The third-order valence-corrected chi connectivity index (χ3v) is 6.68. The van der Waals surface area contributed by atoms with Crippen molar-refractivity contribution in [3.05, 3.63) is 59.8 Å². The van der Waals surface area contributed by atoms with E-state index in [0.717, 1.165) is 25.1 Å². The number of nitrogens with one attached hydrogen (secondary N) is 2. The highest BCUT2D eigenvalue weighted by Crippen LogP contribution is 2.38. The van der Waals surface area contributed by atoms with Crippen LogP contribution in [0.15, 0.2) is 42.7 Å². The van der Waals surface area contributed by atoms with Crippen LogP contribution in [-0.2, 0) is 7.05 Å². The first-order chi connectivity index (χ1) is 18.8. The molecular formula is C27H29FN8O3. The highest BCUT2D eigenvalue weighted by molar-refractivity contribution is 6.15. The number of nitrogens with two attached hydrogens (primary N) is 1. The third-order valence-electron chi connectivity index (χ3n) is 6.68. The van der Waals surface area contributed by atoms with Crippen LogP contribution in [0, 0.1) is 5.82 Å². The summed E-state index contributed by atoms with van der Waals surface area (Å²) in [6.45, 7) is 1.31. The van der Waals surface area contributed by atoms with Gasteiger partial charge in [-0.05, 0) is 37.1 Å². The maximum atomic E-state index is 14.7. The number of aromatic nitrogens is 4. The second-order valence-electron chi connectivity index (χ2n) is 9.35. The van der Waals surface area contributed by atoms with Crippen molar-refractivity contribution in [2.75, 3.05) is 37.5 Å². The Labute approximate surface area is 224 Å². The largest absolute Gasteiger partial charge is 0.496 e. The molecule has 0 unspecified atom stereocenters. The zero-order valence-corrected chi connectivity index (χ0v) is 21.9. The van der Waals surface area contributed by atoms with Crippen LogP contribution in [0.3, 0.4) is 0 Å². The molecule has 2 amide bonds. The van der Waals surface area contributed by atoms with Crippen molar-refractivity contribution in [3.63, 3.8) is 0 Å². The summed E-state index contributed by atoms with van der Waals surface area (Å²) in [6, 6.07) is 7.39. The Morgan fingerprint density at radius 2 is 2.05 bits per heavy atom. The molecule has 1 aliphatic rings. The number of aryl methyl sites for hydroxylation is 1. The van der Waals surface area contributed by atoms with Gasteiger partial charge in [0.1, 0.15) is 22.8 Å². The fraction of sp³-hybridized carbons (Fsp3) is 0.296.